The molecule has 3 N–H and O–H groups in total. The van der Waals surface area contributed by atoms with Crippen LogP contribution < -0.4 is 5.73 Å². The highest BCUT2D eigenvalue weighted by molar-refractivity contribution is 5.59. The van der Waals surface area contributed by atoms with Gasteiger partial charge in [-0.15, -0.1) is 0 Å². The van der Waals surface area contributed by atoms with Crippen molar-refractivity contribution in [3.8, 4) is 5.75 Å². The predicted molar refractivity (Wildman–Crippen MR) is 37.5 cm³/mol. The van der Waals surface area contributed by atoms with Crippen LogP contribution in [0.4, 0.5) is 23.2 Å². The Bertz CT molecular complexity index is 334. The maximum absolute atomic E-state index is 12.6. The summed E-state index contributed by atoms with van der Waals surface area (Å²) in [6.45, 7) is 0. The number of aromatic hydroxyl groups is 1. The molecule has 0 aliphatic carbocycles. The van der Waals surface area contributed by atoms with Crippen LogP contribution >= 0.6 is 0 Å². The van der Waals surface area contributed by atoms with Crippen LogP contribution in [0, 0.1) is 5.82 Å². The molecule has 1 rings (SSSR count). The van der Waals surface area contributed by atoms with Crippen molar-refractivity contribution < 1.29 is 22.7 Å². The maximum Gasteiger partial charge on any atom is 0.421 e. The van der Waals surface area contributed by atoms with Crippen molar-refractivity contribution in [1.29, 1.82) is 0 Å². The van der Waals surface area contributed by atoms with E-state index in [4.69, 9.17) is 10.8 Å². The summed E-state index contributed by atoms with van der Waals surface area (Å²) in [7, 11) is 0. The van der Waals surface area contributed by atoms with E-state index >= 15 is 0 Å². The van der Waals surface area contributed by atoms with Gasteiger partial charge in [-0.25, -0.2) is 4.39 Å². The van der Waals surface area contributed by atoms with Crippen molar-refractivity contribution >= 4 is 5.69 Å². The van der Waals surface area contributed by atoms with E-state index in [-0.39, 0.29) is 0 Å². The Morgan fingerprint density at radius 1 is 1.23 bits per heavy atom. The molecule has 0 aromatic heterocycles. The molecule has 0 unspecified atom stereocenters. The zero-order valence-corrected chi connectivity index (χ0v) is 6.19. The standard InChI is InChI=1S/C7H5F4NO/c8-3-1-2-4(13)6(12)5(3)7(9,10)11/h1-2,13H,12H2. The molecule has 0 aliphatic heterocycles. The number of nitrogen functional groups attached to an aromatic ring is 1. The van der Waals surface area contributed by atoms with Gasteiger partial charge in [0.15, 0.2) is 0 Å². The van der Waals surface area contributed by atoms with Crippen LogP contribution in [-0.4, -0.2) is 5.11 Å². The van der Waals surface area contributed by atoms with E-state index in [1.807, 2.05) is 0 Å². The van der Waals surface area contributed by atoms with Crippen LogP contribution in [-0.2, 0) is 6.18 Å². The molecule has 1 aromatic rings. The van der Waals surface area contributed by atoms with Crippen molar-refractivity contribution in [1.82, 2.24) is 0 Å². The number of rotatable bonds is 0. The molecule has 0 fully saturated rings. The van der Waals surface area contributed by atoms with Crippen LogP contribution in [0.3, 0.4) is 0 Å². The lowest BCUT2D eigenvalue weighted by atomic mass is 10.1. The normalized spacial score (nSPS) is 11.7. The molecule has 6 heteroatoms. The zero-order chi connectivity index (χ0) is 10.2. The minimum Gasteiger partial charge on any atom is -0.506 e. The third-order valence-electron chi connectivity index (χ3n) is 1.46. The fourth-order valence-corrected chi connectivity index (χ4v) is 0.870. The Kier molecular flexibility index (Phi) is 2.07. The number of hydrogen-bond donors (Lipinski definition) is 2. The Morgan fingerprint density at radius 3 is 2.15 bits per heavy atom. The van der Waals surface area contributed by atoms with E-state index in [0.717, 1.165) is 6.07 Å². The average Bonchev–Trinajstić information content (AvgIpc) is 1.95. The van der Waals surface area contributed by atoms with Gasteiger partial charge in [-0.2, -0.15) is 13.2 Å². The average molecular weight is 195 g/mol. The number of phenolic OH excluding ortho intramolecular Hbond substituents is 1. The summed E-state index contributed by atoms with van der Waals surface area (Å²) >= 11 is 0. The fraction of sp³-hybridized carbons (Fsp3) is 0.143. The molecule has 0 heterocycles. The van der Waals surface area contributed by atoms with Gasteiger partial charge in [0.05, 0.1) is 5.69 Å². The number of alkyl halides is 3. The SMILES string of the molecule is Nc1c(O)ccc(F)c1C(F)(F)F. The Hall–Kier alpha value is -1.46. The lowest BCUT2D eigenvalue weighted by Crippen LogP contribution is -2.11. The van der Waals surface area contributed by atoms with E-state index in [1.54, 1.807) is 0 Å². The van der Waals surface area contributed by atoms with Crippen LogP contribution in [0.25, 0.3) is 0 Å². The second-order valence-corrected chi connectivity index (χ2v) is 2.35. The monoisotopic (exact) mass is 195 g/mol. The largest absolute Gasteiger partial charge is 0.506 e. The van der Waals surface area contributed by atoms with Crippen molar-refractivity contribution in [2.45, 2.75) is 6.18 Å². The second-order valence-electron chi connectivity index (χ2n) is 2.35. The molecule has 0 saturated heterocycles. The van der Waals surface area contributed by atoms with Gasteiger partial charge < -0.3 is 10.8 Å². The van der Waals surface area contributed by atoms with Crippen LogP contribution in [0.15, 0.2) is 12.1 Å². The third-order valence-corrected chi connectivity index (χ3v) is 1.46. The van der Waals surface area contributed by atoms with Gasteiger partial charge in [-0.3, -0.25) is 0 Å². The lowest BCUT2D eigenvalue weighted by molar-refractivity contribution is -0.139. The summed E-state index contributed by atoms with van der Waals surface area (Å²) in [6.07, 6.45) is -4.90. The van der Waals surface area contributed by atoms with E-state index < -0.39 is 29.0 Å². The first-order valence-electron chi connectivity index (χ1n) is 3.18. The van der Waals surface area contributed by atoms with Crippen LogP contribution in [0.1, 0.15) is 5.56 Å². The molecular formula is C7H5F4NO. The number of anilines is 1. The van der Waals surface area contributed by atoms with Gasteiger partial charge in [0.25, 0.3) is 0 Å². The lowest BCUT2D eigenvalue weighted by Gasteiger charge is -2.11. The minimum absolute atomic E-state index is 0.508. The van der Waals surface area contributed by atoms with Crippen molar-refractivity contribution in [2.24, 2.45) is 0 Å². The molecule has 2 nitrogen and oxygen atoms in total. The summed E-state index contributed by atoms with van der Waals surface area (Å²) in [6, 6.07) is 1.27. The van der Waals surface area contributed by atoms with Gasteiger partial charge in [-0.05, 0) is 12.1 Å². The van der Waals surface area contributed by atoms with E-state index in [2.05, 4.69) is 0 Å². The fourth-order valence-electron chi connectivity index (χ4n) is 0.870. The Labute approximate surface area is 70.6 Å². The molecule has 72 valence electrons. The molecule has 0 aliphatic rings. The number of hydrogen-bond acceptors (Lipinski definition) is 2. The molecule has 0 radical (unpaired) electrons. The highest BCUT2D eigenvalue weighted by atomic mass is 19.4. The highest BCUT2D eigenvalue weighted by Crippen LogP contribution is 2.39. The molecule has 0 bridgehead atoms. The quantitative estimate of drug-likeness (QED) is 0.378. The first-order chi connectivity index (χ1) is 5.84. The highest BCUT2D eigenvalue weighted by Gasteiger charge is 2.37. The zero-order valence-electron chi connectivity index (χ0n) is 6.19. The molecule has 0 spiro atoms. The van der Waals surface area contributed by atoms with Crippen molar-refractivity contribution in [2.75, 3.05) is 5.73 Å². The molecule has 0 amide bonds. The van der Waals surface area contributed by atoms with Gasteiger partial charge in [0, 0.05) is 0 Å². The number of benzene rings is 1. The van der Waals surface area contributed by atoms with Gasteiger partial charge in [-0.1, -0.05) is 0 Å². The Morgan fingerprint density at radius 2 is 1.77 bits per heavy atom. The van der Waals surface area contributed by atoms with E-state index in [9.17, 15) is 17.6 Å². The molecule has 0 saturated carbocycles. The number of nitrogens with two attached hydrogens (primary N) is 1. The molecule has 0 atom stereocenters. The van der Waals surface area contributed by atoms with Gasteiger partial charge >= 0.3 is 6.18 Å². The van der Waals surface area contributed by atoms with Gasteiger partial charge in [0.2, 0.25) is 0 Å². The topological polar surface area (TPSA) is 46.2 Å². The molecular weight excluding hydrogens is 190 g/mol. The number of phenols is 1. The van der Waals surface area contributed by atoms with Crippen LogP contribution in [0.5, 0.6) is 5.75 Å². The smallest absolute Gasteiger partial charge is 0.421 e. The third kappa shape index (κ3) is 1.66. The van der Waals surface area contributed by atoms with E-state index in [0.29, 0.717) is 6.07 Å². The summed E-state index contributed by atoms with van der Waals surface area (Å²) in [5.74, 6) is -2.28. The summed E-state index contributed by atoms with van der Waals surface area (Å²) in [5.41, 5.74) is 2.23. The molecule has 1 aromatic carbocycles. The van der Waals surface area contributed by atoms with Crippen molar-refractivity contribution in [3.63, 3.8) is 0 Å². The predicted octanol–water partition coefficient (Wildman–Crippen LogP) is 2.13. The summed E-state index contributed by atoms with van der Waals surface area (Å²) in [5, 5.41) is 8.80. The summed E-state index contributed by atoms with van der Waals surface area (Å²) < 4.78 is 48.8. The molecule has 13 heavy (non-hydrogen) atoms. The van der Waals surface area contributed by atoms with Crippen molar-refractivity contribution in [3.05, 3.63) is 23.5 Å². The van der Waals surface area contributed by atoms with Gasteiger partial charge in [0.1, 0.15) is 17.1 Å². The van der Waals surface area contributed by atoms with E-state index in [1.165, 1.54) is 0 Å². The first kappa shape index (κ1) is 9.63. The number of halogens is 4. The Balaban J connectivity index is 3.43. The first-order valence-corrected chi connectivity index (χ1v) is 3.18. The second kappa shape index (κ2) is 2.79. The summed E-state index contributed by atoms with van der Waals surface area (Å²) in [4.78, 5) is 0. The van der Waals surface area contributed by atoms with Crippen LogP contribution in [0.2, 0.25) is 0 Å². The minimum atomic E-state index is -4.90. The maximum atomic E-state index is 12.6.